The van der Waals surface area contributed by atoms with Crippen LogP contribution in [-0.2, 0) is 0 Å². The minimum atomic E-state index is -0.845. The molecule has 44 heavy (non-hydrogen) atoms. The number of phenolic OH excluding ortho intramolecular Hbond substituents is 2. The van der Waals surface area contributed by atoms with E-state index < -0.39 is 11.9 Å². The molecule has 0 unspecified atom stereocenters. The second-order valence-corrected chi connectivity index (χ2v) is 9.58. The highest BCUT2D eigenvalue weighted by Gasteiger charge is 2.22. The molecule has 214 valence electrons. The molecule has 7 aromatic rings. The van der Waals surface area contributed by atoms with Crippen molar-refractivity contribution in [2.45, 2.75) is 0 Å². The van der Waals surface area contributed by atoms with Gasteiger partial charge in [-0.25, -0.2) is 9.59 Å². The Kier molecular flexibility index (Phi) is 6.40. The van der Waals surface area contributed by atoms with Crippen molar-refractivity contribution in [1.82, 2.24) is 30.0 Å². The van der Waals surface area contributed by atoms with Crippen LogP contribution < -0.4 is 9.47 Å². The minimum Gasteiger partial charge on any atom is -0.505 e. The number of esters is 2. The van der Waals surface area contributed by atoms with E-state index >= 15 is 0 Å². The molecule has 2 aromatic heterocycles. The van der Waals surface area contributed by atoms with Gasteiger partial charge in [-0.3, -0.25) is 0 Å². The first-order chi connectivity index (χ1) is 21.4. The smallest absolute Gasteiger partial charge is 0.344 e. The molecule has 0 aliphatic rings. The number of phenols is 2. The Bertz CT molecular complexity index is 2000. The van der Waals surface area contributed by atoms with Crippen molar-refractivity contribution in [2.75, 3.05) is 0 Å². The zero-order chi connectivity index (χ0) is 30.2. The maximum atomic E-state index is 13.1. The number of benzene rings is 5. The Balaban J connectivity index is 1.08. The molecule has 0 amide bonds. The van der Waals surface area contributed by atoms with Crippen LogP contribution in [0.5, 0.6) is 23.0 Å². The van der Waals surface area contributed by atoms with Crippen LogP contribution in [-0.4, -0.2) is 52.1 Å². The topological polar surface area (TPSA) is 154 Å². The van der Waals surface area contributed by atoms with Gasteiger partial charge < -0.3 is 19.7 Å². The molecule has 0 radical (unpaired) electrons. The molecule has 12 nitrogen and oxygen atoms in total. The van der Waals surface area contributed by atoms with Crippen LogP contribution in [0, 0.1) is 0 Å². The molecule has 2 heterocycles. The van der Waals surface area contributed by atoms with Crippen molar-refractivity contribution in [1.29, 1.82) is 0 Å². The van der Waals surface area contributed by atoms with E-state index in [0.717, 1.165) is 0 Å². The van der Waals surface area contributed by atoms with Crippen molar-refractivity contribution >= 4 is 34.0 Å². The SMILES string of the molecule is O=C(Oc1ccc(-n2nc3ccccc3n2)c(O)c1)c1ccccc1C(=O)Oc1ccc(-n2nc3ccccc3n2)c(O)c1. The number of aromatic nitrogens is 6. The minimum absolute atomic E-state index is 0.0385. The van der Waals surface area contributed by atoms with E-state index in [0.29, 0.717) is 22.1 Å². The molecule has 0 spiro atoms. The predicted octanol–water partition coefficient (Wildman–Crippen LogP) is 5.00. The van der Waals surface area contributed by atoms with E-state index in [1.807, 2.05) is 24.3 Å². The highest BCUT2D eigenvalue weighted by atomic mass is 16.5. The number of rotatable bonds is 6. The summed E-state index contributed by atoms with van der Waals surface area (Å²) >= 11 is 0. The first kappa shape index (κ1) is 26.3. The summed E-state index contributed by atoms with van der Waals surface area (Å²) in [5, 5.41) is 38.6. The van der Waals surface area contributed by atoms with Crippen molar-refractivity contribution in [2.24, 2.45) is 0 Å². The van der Waals surface area contributed by atoms with Gasteiger partial charge in [0, 0.05) is 12.1 Å². The number of aromatic hydroxyl groups is 2. The molecular formula is C32H20N6O6. The quantitative estimate of drug-likeness (QED) is 0.201. The fourth-order valence-electron chi connectivity index (χ4n) is 4.57. The number of hydrogen-bond donors (Lipinski definition) is 2. The fourth-order valence-corrected chi connectivity index (χ4v) is 4.57. The Morgan fingerprint density at radius 1 is 0.500 bits per heavy atom. The lowest BCUT2D eigenvalue weighted by Crippen LogP contribution is -2.17. The largest absolute Gasteiger partial charge is 0.505 e. The number of hydrogen-bond acceptors (Lipinski definition) is 10. The van der Waals surface area contributed by atoms with E-state index in [-0.39, 0.29) is 45.5 Å². The van der Waals surface area contributed by atoms with E-state index in [1.165, 1.54) is 58.1 Å². The fraction of sp³-hybridized carbons (Fsp3) is 0. The molecule has 0 saturated carbocycles. The van der Waals surface area contributed by atoms with Crippen LogP contribution in [0.25, 0.3) is 33.4 Å². The summed E-state index contributed by atoms with van der Waals surface area (Å²) in [5.74, 6) is -2.05. The molecule has 0 saturated heterocycles. The lowest BCUT2D eigenvalue weighted by molar-refractivity contribution is 0.0691. The van der Waals surface area contributed by atoms with E-state index in [1.54, 1.807) is 36.4 Å². The number of nitrogens with zero attached hydrogens (tertiary/aromatic N) is 6. The summed E-state index contributed by atoms with van der Waals surface area (Å²) in [7, 11) is 0. The van der Waals surface area contributed by atoms with Gasteiger partial charge in [-0.05, 0) is 60.7 Å². The van der Waals surface area contributed by atoms with Crippen molar-refractivity contribution in [3.63, 3.8) is 0 Å². The van der Waals surface area contributed by atoms with Crippen LogP contribution in [0.15, 0.2) is 109 Å². The molecule has 0 aliphatic carbocycles. The second-order valence-electron chi connectivity index (χ2n) is 9.58. The van der Waals surface area contributed by atoms with Gasteiger partial charge in [-0.1, -0.05) is 36.4 Å². The first-order valence-corrected chi connectivity index (χ1v) is 13.3. The van der Waals surface area contributed by atoms with Gasteiger partial charge in [0.05, 0.1) is 11.1 Å². The number of fused-ring (bicyclic) bond motifs is 2. The summed E-state index contributed by atoms with van der Waals surface area (Å²) in [4.78, 5) is 28.8. The summed E-state index contributed by atoms with van der Waals surface area (Å²) in [5.41, 5.74) is 3.07. The second kappa shape index (κ2) is 10.7. The molecule has 0 atom stereocenters. The summed E-state index contributed by atoms with van der Waals surface area (Å²) in [6, 6.07) is 29.0. The van der Waals surface area contributed by atoms with Gasteiger partial charge >= 0.3 is 11.9 Å². The third kappa shape index (κ3) is 4.92. The first-order valence-electron chi connectivity index (χ1n) is 13.3. The average Bonchev–Trinajstić information content (AvgIpc) is 3.65. The van der Waals surface area contributed by atoms with Gasteiger partial charge in [0.25, 0.3) is 0 Å². The third-order valence-corrected chi connectivity index (χ3v) is 6.69. The molecule has 0 fully saturated rings. The molecule has 12 heteroatoms. The number of carbonyl (C=O) groups is 2. The highest BCUT2D eigenvalue weighted by Crippen LogP contribution is 2.29. The van der Waals surface area contributed by atoms with Gasteiger partial charge in [0.1, 0.15) is 56.4 Å². The summed E-state index contributed by atoms with van der Waals surface area (Å²) in [6.07, 6.45) is 0. The predicted molar refractivity (Wildman–Crippen MR) is 157 cm³/mol. The molecule has 2 N–H and O–H groups in total. The standard InChI is InChI=1S/C32H20N6O6/c39-29-17-19(13-15-27(29)37-33-23-9-3-4-10-24(23)34-37)43-31(41)21-7-1-2-8-22(21)32(42)44-20-14-16-28(30(40)18-20)38-35-25-11-5-6-12-26(25)36-38/h1-18,39-40H. The van der Waals surface area contributed by atoms with Crippen LogP contribution >= 0.6 is 0 Å². The van der Waals surface area contributed by atoms with Crippen molar-refractivity contribution < 1.29 is 29.3 Å². The van der Waals surface area contributed by atoms with Crippen LogP contribution in [0.1, 0.15) is 20.7 Å². The van der Waals surface area contributed by atoms with E-state index in [9.17, 15) is 19.8 Å². The van der Waals surface area contributed by atoms with Gasteiger partial charge in [-0.2, -0.15) is 0 Å². The summed E-state index contributed by atoms with van der Waals surface area (Å²) < 4.78 is 10.9. The molecule has 0 bridgehead atoms. The van der Waals surface area contributed by atoms with Gasteiger partial charge in [0.15, 0.2) is 0 Å². The van der Waals surface area contributed by atoms with E-state index in [2.05, 4.69) is 20.4 Å². The van der Waals surface area contributed by atoms with Crippen LogP contribution in [0.4, 0.5) is 0 Å². The maximum Gasteiger partial charge on any atom is 0.344 e. The molecular weight excluding hydrogens is 564 g/mol. The lowest BCUT2D eigenvalue weighted by Gasteiger charge is -2.11. The molecule has 5 aromatic carbocycles. The molecule has 7 rings (SSSR count). The van der Waals surface area contributed by atoms with E-state index in [4.69, 9.17) is 9.47 Å². The summed E-state index contributed by atoms with van der Waals surface area (Å²) in [6.45, 7) is 0. The Morgan fingerprint density at radius 3 is 1.18 bits per heavy atom. The van der Waals surface area contributed by atoms with Crippen molar-refractivity contribution in [3.05, 3.63) is 120 Å². The van der Waals surface area contributed by atoms with Crippen molar-refractivity contribution in [3.8, 4) is 34.4 Å². The maximum absolute atomic E-state index is 13.1. The number of ether oxygens (including phenoxy) is 2. The third-order valence-electron chi connectivity index (χ3n) is 6.69. The molecule has 0 aliphatic heterocycles. The van der Waals surface area contributed by atoms with Crippen LogP contribution in [0.2, 0.25) is 0 Å². The number of carbonyl (C=O) groups excluding carboxylic acids is 2. The van der Waals surface area contributed by atoms with Crippen LogP contribution in [0.3, 0.4) is 0 Å². The Hall–Kier alpha value is -6.56. The normalized spacial score (nSPS) is 11.1. The van der Waals surface area contributed by atoms with Gasteiger partial charge in [-0.15, -0.1) is 30.0 Å². The monoisotopic (exact) mass is 584 g/mol. The average molecular weight is 585 g/mol. The zero-order valence-corrected chi connectivity index (χ0v) is 22.6. The Morgan fingerprint density at radius 2 is 0.841 bits per heavy atom. The van der Waals surface area contributed by atoms with Gasteiger partial charge in [0.2, 0.25) is 0 Å². The lowest BCUT2D eigenvalue weighted by atomic mass is 10.1. The highest BCUT2D eigenvalue weighted by molar-refractivity contribution is 6.04. The zero-order valence-electron chi connectivity index (χ0n) is 22.6. The Labute approximate surface area is 247 Å².